The van der Waals surface area contributed by atoms with Gasteiger partial charge in [-0.05, 0) is 42.3 Å². The molecule has 1 atom stereocenters. The Morgan fingerprint density at radius 1 is 0.974 bits per heavy atom. The van der Waals surface area contributed by atoms with Crippen molar-refractivity contribution in [2.45, 2.75) is 19.6 Å². The summed E-state index contributed by atoms with van der Waals surface area (Å²) in [5.74, 6) is 2.44. The van der Waals surface area contributed by atoms with E-state index in [2.05, 4.69) is 5.32 Å². The number of benzene rings is 3. The number of amides is 1. The highest BCUT2D eigenvalue weighted by Crippen LogP contribution is 2.42. The molecule has 0 fully saturated rings. The van der Waals surface area contributed by atoms with Crippen molar-refractivity contribution in [3.05, 3.63) is 89.1 Å². The molecule has 5 rings (SSSR count). The molecule has 1 aliphatic heterocycles. The van der Waals surface area contributed by atoms with Crippen LogP contribution in [-0.4, -0.2) is 42.0 Å². The third kappa shape index (κ3) is 4.96. The van der Waals surface area contributed by atoms with E-state index in [-0.39, 0.29) is 0 Å². The van der Waals surface area contributed by atoms with E-state index in [0.29, 0.717) is 58.2 Å². The van der Waals surface area contributed by atoms with Gasteiger partial charge >= 0.3 is 0 Å². The molecule has 1 unspecified atom stereocenters. The van der Waals surface area contributed by atoms with Crippen LogP contribution in [0.2, 0.25) is 0 Å². The van der Waals surface area contributed by atoms with Crippen LogP contribution in [0.3, 0.4) is 0 Å². The van der Waals surface area contributed by atoms with Crippen LogP contribution in [0.1, 0.15) is 24.1 Å². The smallest absolute Gasteiger partial charge is 0.248 e. The van der Waals surface area contributed by atoms with E-state index in [1.807, 2.05) is 54.6 Å². The second-order valence-electron chi connectivity index (χ2n) is 8.89. The Hall–Kier alpha value is -4.99. The summed E-state index contributed by atoms with van der Waals surface area (Å²) in [7, 11) is 4.63. The lowest BCUT2D eigenvalue weighted by Gasteiger charge is -2.27. The lowest BCUT2D eigenvalue weighted by Crippen LogP contribution is -2.31. The number of aromatic nitrogens is 3. The van der Waals surface area contributed by atoms with Crippen LogP contribution in [0.4, 0.5) is 5.95 Å². The summed E-state index contributed by atoms with van der Waals surface area (Å²) in [6.45, 7) is 2.24. The van der Waals surface area contributed by atoms with Gasteiger partial charge in [0.25, 0.3) is 0 Å². The minimum atomic E-state index is -0.592. The second-order valence-corrected chi connectivity index (χ2v) is 8.89. The van der Waals surface area contributed by atoms with E-state index in [0.717, 1.165) is 11.1 Å². The molecule has 10 nitrogen and oxygen atoms in total. The number of nitrogens with one attached hydrogen (secondary N) is 1. The van der Waals surface area contributed by atoms with Gasteiger partial charge in [-0.2, -0.15) is 4.98 Å². The van der Waals surface area contributed by atoms with Gasteiger partial charge in [0.15, 0.2) is 17.3 Å². The normalized spacial score (nSPS) is 14.3. The fraction of sp³-hybridized carbons (Fsp3) is 0.207. The predicted molar refractivity (Wildman–Crippen MR) is 146 cm³/mol. The maximum Gasteiger partial charge on any atom is 0.248 e. The molecule has 3 N–H and O–H groups in total. The van der Waals surface area contributed by atoms with Crippen molar-refractivity contribution < 1.29 is 23.7 Å². The van der Waals surface area contributed by atoms with Crippen LogP contribution in [0.5, 0.6) is 23.0 Å². The number of rotatable bonds is 9. The molecule has 4 aromatic rings. The number of carbonyl (C=O) groups excluding carboxylic acids is 1. The summed E-state index contributed by atoms with van der Waals surface area (Å²) < 4.78 is 24.0. The zero-order valence-corrected chi connectivity index (χ0v) is 22.1. The molecule has 200 valence electrons. The van der Waals surface area contributed by atoms with Crippen molar-refractivity contribution in [1.82, 2.24) is 14.8 Å². The summed E-state index contributed by atoms with van der Waals surface area (Å²) >= 11 is 0. The molecule has 1 amide bonds. The first kappa shape index (κ1) is 25.7. The highest BCUT2D eigenvalue weighted by molar-refractivity contribution is 5.95. The van der Waals surface area contributed by atoms with Crippen molar-refractivity contribution in [3.63, 3.8) is 0 Å². The summed E-state index contributed by atoms with van der Waals surface area (Å²) in [4.78, 5) is 17.3. The summed E-state index contributed by atoms with van der Waals surface area (Å²) in [5, 5.41) is 7.94. The molecule has 0 saturated carbocycles. The van der Waals surface area contributed by atoms with Crippen molar-refractivity contribution in [1.29, 1.82) is 0 Å². The van der Waals surface area contributed by atoms with Crippen molar-refractivity contribution >= 4 is 11.9 Å². The maximum absolute atomic E-state index is 12.6. The molecule has 39 heavy (non-hydrogen) atoms. The number of nitrogens with two attached hydrogens (primary N) is 1. The lowest BCUT2D eigenvalue weighted by atomic mass is 9.95. The fourth-order valence-corrected chi connectivity index (χ4v) is 4.60. The molecule has 0 aliphatic carbocycles. The quantitative estimate of drug-likeness (QED) is 0.330. The van der Waals surface area contributed by atoms with Gasteiger partial charge in [0.2, 0.25) is 17.6 Å². The topological polar surface area (TPSA) is 123 Å². The van der Waals surface area contributed by atoms with Crippen molar-refractivity contribution in [2.24, 2.45) is 5.73 Å². The first-order chi connectivity index (χ1) is 18.9. The van der Waals surface area contributed by atoms with Crippen molar-refractivity contribution in [3.8, 4) is 34.4 Å². The van der Waals surface area contributed by atoms with Crippen LogP contribution in [0.15, 0.2) is 78.0 Å². The number of nitrogens with zero attached hydrogens (tertiary/aromatic N) is 3. The molecule has 1 aromatic heterocycles. The molecule has 0 radical (unpaired) electrons. The van der Waals surface area contributed by atoms with Gasteiger partial charge in [-0.15, -0.1) is 5.10 Å². The Labute approximate surface area is 226 Å². The first-order valence-corrected chi connectivity index (χ1v) is 12.2. The number of hydrogen-bond acceptors (Lipinski definition) is 8. The van der Waals surface area contributed by atoms with Gasteiger partial charge in [0.05, 0.1) is 26.9 Å². The van der Waals surface area contributed by atoms with Crippen LogP contribution < -0.4 is 30.0 Å². The lowest BCUT2D eigenvalue weighted by molar-refractivity contribution is -0.115. The zero-order chi connectivity index (χ0) is 27.5. The number of hydrogen-bond donors (Lipinski definition) is 2. The number of methoxy groups -OCH3 is 3. The zero-order valence-electron chi connectivity index (χ0n) is 22.1. The van der Waals surface area contributed by atoms with Gasteiger partial charge in [0, 0.05) is 11.3 Å². The van der Waals surface area contributed by atoms with Crippen LogP contribution in [-0.2, 0) is 11.4 Å². The molecule has 1 aliphatic rings. The predicted octanol–water partition coefficient (Wildman–Crippen LogP) is 4.32. The van der Waals surface area contributed by atoms with Crippen molar-refractivity contribution in [2.75, 3.05) is 26.6 Å². The Morgan fingerprint density at radius 2 is 1.64 bits per heavy atom. The van der Waals surface area contributed by atoms with E-state index in [1.54, 1.807) is 45.1 Å². The molecule has 0 spiro atoms. The second kappa shape index (κ2) is 10.8. The molecule has 2 heterocycles. The number of primary amides is 1. The summed E-state index contributed by atoms with van der Waals surface area (Å²) in [6.07, 6.45) is 0. The number of carbonyl (C=O) groups is 1. The van der Waals surface area contributed by atoms with Gasteiger partial charge < -0.3 is 30.0 Å². The van der Waals surface area contributed by atoms with E-state index >= 15 is 0 Å². The number of allylic oxidation sites excluding steroid dienone is 1. The highest BCUT2D eigenvalue weighted by atomic mass is 16.5. The Morgan fingerprint density at radius 3 is 2.23 bits per heavy atom. The average Bonchev–Trinajstić information content (AvgIpc) is 3.38. The molecule has 0 bridgehead atoms. The van der Waals surface area contributed by atoms with E-state index in [9.17, 15) is 4.79 Å². The number of anilines is 1. The summed E-state index contributed by atoms with van der Waals surface area (Å²) in [6, 6.07) is 20.4. The van der Waals surface area contributed by atoms with Gasteiger partial charge in [-0.25, -0.2) is 4.68 Å². The fourth-order valence-electron chi connectivity index (χ4n) is 4.60. The number of ether oxygens (including phenoxy) is 4. The van der Waals surface area contributed by atoms with E-state index in [4.69, 9.17) is 34.8 Å². The minimum Gasteiger partial charge on any atom is -0.493 e. The van der Waals surface area contributed by atoms with Gasteiger partial charge in [-0.1, -0.05) is 42.5 Å². The Kier molecular flexibility index (Phi) is 7.09. The van der Waals surface area contributed by atoms with Crippen LogP contribution >= 0.6 is 0 Å². The molecule has 10 heteroatoms. The standard InChI is InChI=1S/C29H29N5O5/c1-17-24(27(30)35)25(19-10-12-21(13-11-19)39-16-18-8-6-5-7-9-18)34-29(31-17)32-28(33-34)20-14-22(36-2)26(38-4)23(15-20)37-3/h5-15,25H,16H2,1-4H3,(H2,30,35)(H,31,32,33). The largest absolute Gasteiger partial charge is 0.493 e. The molecule has 0 saturated heterocycles. The van der Waals surface area contributed by atoms with Gasteiger partial charge in [-0.3, -0.25) is 4.79 Å². The maximum atomic E-state index is 12.6. The van der Waals surface area contributed by atoms with Gasteiger partial charge in [0.1, 0.15) is 18.4 Å². The monoisotopic (exact) mass is 527 g/mol. The van der Waals surface area contributed by atoms with E-state index < -0.39 is 11.9 Å². The molecule has 3 aromatic carbocycles. The highest BCUT2D eigenvalue weighted by Gasteiger charge is 2.33. The Bertz CT molecular complexity index is 1500. The third-order valence-corrected chi connectivity index (χ3v) is 6.49. The van der Waals surface area contributed by atoms with E-state index in [1.165, 1.54) is 0 Å². The van der Waals surface area contributed by atoms with Crippen LogP contribution in [0, 0.1) is 0 Å². The average molecular weight is 528 g/mol. The van der Waals surface area contributed by atoms with Crippen LogP contribution in [0.25, 0.3) is 11.4 Å². The first-order valence-electron chi connectivity index (χ1n) is 12.2. The SMILES string of the molecule is COc1cc(-c2nc3n(n2)C(c2ccc(OCc4ccccc4)cc2)C(C(N)=O)=C(C)N3)cc(OC)c1OC. The molecular weight excluding hydrogens is 498 g/mol. The summed E-state index contributed by atoms with van der Waals surface area (Å²) in [5.41, 5.74) is 9.36. The number of fused-ring (bicyclic) bond motifs is 1. The minimum absolute atomic E-state index is 0.391. The molecular formula is C29H29N5O5. The Balaban J connectivity index is 1.51. The third-order valence-electron chi connectivity index (χ3n) is 6.49.